The van der Waals surface area contributed by atoms with Crippen LogP contribution in [-0.4, -0.2) is 139 Å². The number of nitrogens with one attached hydrogen (secondary N) is 2. The highest BCUT2D eigenvalue weighted by Gasteiger charge is 2.37. The van der Waals surface area contributed by atoms with Crippen molar-refractivity contribution in [3.05, 3.63) is 147 Å². The van der Waals surface area contributed by atoms with Crippen molar-refractivity contribution >= 4 is 58.6 Å². The Labute approximate surface area is 448 Å². The summed E-state index contributed by atoms with van der Waals surface area (Å²) in [7, 11) is 6.14. The summed E-state index contributed by atoms with van der Waals surface area (Å²) in [6.07, 6.45) is 2.60. The Balaban J connectivity index is 1.20. The molecule has 396 valence electrons. The normalized spacial score (nSPS) is 20.5. The molecule has 7 rings (SSSR count). The monoisotopic (exact) mass is 1060 g/mol. The largest absolute Gasteiger partial charge is 0.457 e. The van der Waals surface area contributed by atoms with Crippen molar-refractivity contribution in [2.24, 2.45) is 5.92 Å². The molecule has 2 aliphatic rings. The predicted octanol–water partition coefficient (Wildman–Crippen LogP) is 6.91. The SMILES string of the molecule is COCC(=O)N1CCc2ncc(-c3ccc(Oc4cc(Cl)ccc4CN4C(=O)C[C@@H](Cc5ccccc5)C(=O)N(C)[C@@H](C)CNC(=O)C[C@H](Cc5ccc(Cl)cc5)N(C)C(=O)[C@H](COC)NC(=O)[C@@H]4C)cc3)cc2C1. The molecule has 0 aliphatic carbocycles. The number of halogens is 2. The number of methoxy groups -OCH3 is 2. The molecule has 0 radical (unpaired) electrons. The highest BCUT2D eigenvalue weighted by atomic mass is 35.5. The van der Waals surface area contributed by atoms with Crippen LogP contribution >= 0.6 is 23.2 Å². The van der Waals surface area contributed by atoms with Crippen LogP contribution in [0.4, 0.5) is 0 Å². The van der Waals surface area contributed by atoms with Crippen molar-refractivity contribution in [3.8, 4) is 22.6 Å². The van der Waals surface area contributed by atoms with Crippen molar-refractivity contribution in [3.63, 3.8) is 0 Å². The minimum atomic E-state index is -1.21. The van der Waals surface area contributed by atoms with E-state index in [9.17, 15) is 24.0 Å². The first-order valence-electron chi connectivity index (χ1n) is 25.0. The van der Waals surface area contributed by atoms with E-state index < -0.39 is 47.8 Å². The van der Waals surface area contributed by atoms with Crippen LogP contribution in [0.1, 0.15) is 54.6 Å². The van der Waals surface area contributed by atoms with Gasteiger partial charge in [-0.05, 0) is 91.4 Å². The Morgan fingerprint density at radius 1 is 0.773 bits per heavy atom. The molecule has 1 saturated heterocycles. The van der Waals surface area contributed by atoms with Crippen molar-refractivity contribution in [1.29, 1.82) is 0 Å². The first-order valence-corrected chi connectivity index (χ1v) is 25.8. The lowest BCUT2D eigenvalue weighted by Crippen LogP contribution is -2.57. The summed E-state index contributed by atoms with van der Waals surface area (Å²) in [6, 6.07) is 27.4. The van der Waals surface area contributed by atoms with Gasteiger partial charge in [-0.3, -0.25) is 33.8 Å². The number of nitrogens with zero attached hydrogens (tertiary/aromatic N) is 5. The lowest BCUT2D eigenvalue weighted by molar-refractivity contribution is -0.147. The highest BCUT2D eigenvalue weighted by Crippen LogP contribution is 2.33. The summed E-state index contributed by atoms with van der Waals surface area (Å²) in [5.74, 6) is -2.50. The van der Waals surface area contributed by atoms with Crippen LogP contribution < -0.4 is 15.4 Å². The van der Waals surface area contributed by atoms with E-state index in [0.29, 0.717) is 46.6 Å². The van der Waals surface area contributed by atoms with E-state index in [1.807, 2.05) is 73.8 Å². The lowest BCUT2D eigenvalue weighted by atomic mass is 9.93. The first-order chi connectivity index (χ1) is 36.0. The van der Waals surface area contributed by atoms with Gasteiger partial charge >= 0.3 is 0 Å². The number of fused-ring (bicyclic) bond motifs is 1. The molecule has 4 aromatic carbocycles. The van der Waals surface area contributed by atoms with E-state index in [1.165, 1.54) is 24.0 Å². The number of hydrogen-bond acceptors (Lipinski definition) is 10. The molecule has 5 atom stereocenters. The Bertz CT molecular complexity index is 2820. The van der Waals surface area contributed by atoms with Gasteiger partial charge in [-0.25, -0.2) is 0 Å². The molecule has 5 aromatic rings. The molecule has 0 bridgehead atoms. The molecule has 16 nitrogen and oxygen atoms in total. The Morgan fingerprint density at radius 2 is 1.48 bits per heavy atom. The van der Waals surface area contributed by atoms with E-state index in [0.717, 1.165) is 33.5 Å². The van der Waals surface area contributed by atoms with E-state index in [-0.39, 0.29) is 69.7 Å². The van der Waals surface area contributed by atoms with Crippen LogP contribution in [0.15, 0.2) is 109 Å². The summed E-state index contributed by atoms with van der Waals surface area (Å²) < 4.78 is 17.1. The number of carbonyl (C=O) groups is 6. The van der Waals surface area contributed by atoms with Crippen molar-refractivity contribution in [1.82, 2.24) is 35.2 Å². The molecule has 6 amide bonds. The summed E-state index contributed by atoms with van der Waals surface area (Å²) in [5.41, 5.74) is 5.82. The van der Waals surface area contributed by atoms with Crippen molar-refractivity contribution in [2.75, 3.05) is 54.6 Å². The molecule has 2 N–H and O–H groups in total. The predicted molar refractivity (Wildman–Crippen MR) is 286 cm³/mol. The van der Waals surface area contributed by atoms with Crippen LogP contribution in [0.3, 0.4) is 0 Å². The van der Waals surface area contributed by atoms with Gasteiger partial charge in [0.2, 0.25) is 35.4 Å². The molecular formula is C57H65Cl2N7O9. The Hall–Kier alpha value is -6.85. The highest BCUT2D eigenvalue weighted by molar-refractivity contribution is 6.31. The van der Waals surface area contributed by atoms with Crippen molar-refractivity contribution in [2.45, 2.75) is 83.2 Å². The first kappa shape index (κ1) is 55.9. The maximum absolute atomic E-state index is 15.1. The zero-order chi connectivity index (χ0) is 53.8. The molecule has 75 heavy (non-hydrogen) atoms. The molecule has 3 heterocycles. The minimum absolute atomic E-state index is 0.0154. The van der Waals surface area contributed by atoms with Gasteiger partial charge in [-0.1, -0.05) is 83.9 Å². The summed E-state index contributed by atoms with van der Waals surface area (Å²) in [4.78, 5) is 96.0. The summed E-state index contributed by atoms with van der Waals surface area (Å²) in [5, 5.41) is 6.71. The van der Waals surface area contributed by atoms with E-state index in [1.54, 1.807) is 73.3 Å². The minimum Gasteiger partial charge on any atom is -0.457 e. The van der Waals surface area contributed by atoms with E-state index >= 15 is 4.79 Å². The number of benzene rings is 4. The van der Waals surface area contributed by atoms with Crippen LogP contribution in [0.2, 0.25) is 10.0 Å². The van der Waals surface area contributed by atoms with E-state index in [4.69, 9.17) is 42.4 Å². The molecule has 1 fully saturated rings. The van der Waals surface area contributed by atoms with Crippen LogP contribution in [0.5, 0.6) is 11.5 Å². The Morgan fingerprint density at radius 3 is 2.19 bits per heavy atom. The Kier molecular flexibility index (Phi) is 19.4. The van der Waals surface area contributed by atoms with Gasteiger partial charge in [0.25, 0.3) is 0 Å². The zero-order valence-electron chi connectivity index (χ0n) is 43.2. The topological polar surface area (TPSA) is 180 Å². The summed E-state index contributed by atoms with van der Waals surface area (Å²) >= 11 is 12.8. The van der Waals surface area contributed by atoms with Gasteiger partial charge in [0.1, 0.15) is 30.2 Å². The third-order valence-corrected chi connectivity index (χ3v) is 14.4. The fourth-order valence-corrected chi connectivity index (χ4v) is 9.62. The molecule has 2 aliphatic heterocycles. The summed E-state index contributed by atoms with van der Waals surface area (Å²) in [6.45, 7) is 4.16. The van der Waals surface area contributed by atoms with Gasteiger partial charge < -0.3 is 44.4 Å². The number of pyridine rings is 1. The maximum Gasteiger partial charge on any atom is 0.248 e. The maximum atomic E-state index is 15.1. The molecule has 18 heteroatoms. The second-order valence-corrected chi connectivity index (χ2v) is 20.1. The van der Waals surface area contributed by atoms with Crippen LogP contribution in [0, 0.1) is 5.92 Å². The molecule has 1 aromatic heterocycles. The van der Waals surface area contributed by atoms with Gasteiger partial charge in [0.15, 0.2) is 0 Å². The number of hydrogen-bond donors (Lipinski definition) is 2. The van der Waals surface area contributed by atoms with E-state index in [2.05, 4.69) is 10.6 Å². The lowest BCUT2D eigenvalue weighted by Gasteiger charge is -2.35. The fourth-order valence-electron chi connectivity index (χ4n) is 9.34. The number of aromatic nitrogens is 1. The molecule has 0 saturated carbocycles. The number of likely N-dealkylation sites (N-methyl/N-ethyl adjacent to an activating group) is 2. The second kappa shape index (κ2) is 26.1. The average molecular weight is 1060 g/mol. The van der Waals surface area contributed by atoms with Gasteiger partial charge in [0.05, 0.1) is 19.1 Å². The molecular weight excluding hydrogens is 998 g/mol. The molecule has 0 spiro atoms. The second-order valence-electron chi connectivity index (χ2n) is 19.3. The average Bonchev–Trinajstić information content (AvgIpc) is 3.41. The zero-order valence-corrected chi connectivity index (χ0v) is 44.7. The number of rotatable bonds is 13. The van der Waals surface area contributed by atoms with Gasteiger partial charge in [0, 0.05) is 112 Å². The quantitative estimate of drug-likeness (QED) is 0.126. The third kappa shape index (κ3) is 14.7. The number of amides is 6. The fraction of sp³-hybridized carbons (Fsp3) is 0.386. The van der Waals surface area contributed by atoms with Crippen LogP contribution in [-0.2, 0) is 70.6 Å². The standard InChI is InChI=1S/C57H65Cl2N7O9/c1-36-30-61-52(67)29-47(25-39-12-17-45(58)18-13-39)64(4)57(72)50(34-73-5)62-55(70)37(2)66(53(68)27-42(56(71)63(36)3)24-38-10-8-7-9-11-38)33-41-14-19-46(59)28-51(41)75-48-20-15-40(16-21-48)43-26-44-32-65(54(69)35-74-6)23-22-49(44)60-31-43/h7-21,26,28,31,36-37,42,47,50H,22-25,27,29-30,32-35H2,1-6H3,(H,61,67)(H,62,70)/t36-,37-,42+,47-,50-/m0/s1. The smallest absolute Gasteiger partial charge is 0.248 e. The van der Waals surface area contributed by atoms with Gasteiger partial charge in [-0.2, -0.15) is 0 Å². The van der Waals surface area contributed by atoms with Crippen molar-refractivity contribution < 1.29 is 43.0 Å². The number of carbonyl (C=O) groups excluding carboxylic acids is 6. The number of ether oxygens (including phenoxy) is 3. The molecule has 0 unspecified atom stereocenters. The third-order valence-electron chi connectivity index (χ3n) is 14.0. The van der Waals surface area contributed by atoms with Crippen LogP contribution in [0.25, 0.3) is 11.1 Å². The van der Waals surface area contributed by atoms with Gasteiger partial charge in [-0.15, -0.1) is 0 Å².